The number of allylic oxidation sites excluding steroid dienone is 2. The number of hydrogen-bond acceptors (Lipinski definition) is 3. The summed E-state index contributed by atoms with van der Waals surface area (Å²) in [4.78, 5) is 16.3. The maximum atomic E-state index is 11.1. The highest BCUT2D eigenvalue weighted by atomic mass is 16.4. The predicted octanol–water partition coefficient (Wildman–Crippen LogP) is 6.07. The van der Waals surface area contributed by atoms with E-state index in [0.717, 1.165) is 32.6 Å². The molecule has 4 nitrogen and oxygen atoms in total. The molecule has 1 aliphatic heterocycles. The number of benzene rings is 2. The van der Waals surface area contributed by atoms with Crippen LogP contribution in [0.5, 0.6) is 0 Å². The number of nitrogens with zero attached hydrogens (tertiary/aromatic N) is 2. The SMILES string of the molecule is C[C@@H]1CN(Cc2ccc(C(=O)O)cc2)C[C@H](C)N1Cc1ccccc1C1=CCC(C)(C)CC1. The molecule has 2 aromatic rings. The van der Waals surface area contributed by atoms with Crippen molar-refractivity contribution in [2.24, 2.45) is 5.41 Å². The van der Waals surface area contributed by atoms with E-state index in [1.54, 1.807) is 12.1 Å². The van der Waals surface area contributed by atoms with Crippen LogP contribution in [0, 0.1) is 5.41 Å². The first-order chi connectivity index (χ1) is 15.7. The fraction of sp³-hybridized carbons (Fsp3) is 0.483. The van der Waals surface area contributed by atoms with Crippen LogP contribution in [-0.4, -0.2) is 46.0 Å². The minimum Gasteiger partial charge on any atom is -0.478 e. The summed E-state index contributed by atoms with van der Waals surface area (Å²) in [6.45, 7) is 13.3. The van der Waals surface area contributed by atoms with Crippen LogP contribution in [-0.2, 0) is 13.1 Å². The Bertz CT molecular complexity index is 997. The summed E-state index contributed by atoms with van der Waals surface area (Å²) in [5.41, 5.74) is 6.35. The van der Waals surface area contributed by atoms with Gasteiger partial charge in [-0.05, 0) is 72.9 Å². The molecule has 0 unspecified atom stereocenters. The zero-order chi connectivity index (χ0) is 23.6. The van der Waals surface area contributed by atoms with Gasteiger partial charge in [0.2, 0.25) is 0 Å². The lowest BCUT2D eigenvalue weighted by Gasteiger charge is -2.45. The van der Waals surface area contributed by atoms with Gasteiger partial charge in [0, 0.05) is 38.3 Å². The molecule has 2 atom stereocenters. The molecule has 1 N–H and O–H groups in total. The number of carboxylic acids is 1. The van der Waals surface area contributed by atoms with E-state index in [2.05, 4.69) is 67.8 Å². The molecule has 1 aliphatic carbocycles. The molecule has 0 saturated carbocycles. The average molecular weight is 447 g/mol. The van der Waals surface area contributed by atoms with Crippen LogP contribution in [0.2, 0.25) is 0 Å². The van der Waals surface area contributed by atoms with Crippen molar-refractivity contribution in [1.82, 2.24) is 9.80 Å². The van der Waals surface area contributed by atoms with Crippen LogP contribution in [0.25, 0.3) is 5.57 Å². The summed E-state index contributed by atoms with van der Waals surface area (Å²) in [6, 6.07) is 17.2. The molecule has 176 valence electrons. The fourth-order valence-corrected chi connectivity index (χ4v) is 5.41. The second-order valence-corrected chi connectivity index (χ2v) is 10.8. The summed E-state index contributed by atoms with van der Waals surface area (Å²) in [7, 11) is 0. The number of carboxylic acid groups (broad SMARTS) is 1. The Balaban J connectivity index is 1.43. The molecule has 0 amide bonds. The maximum absolute atomic E-state index is 11.1. The Morgan fingerprint density at radius 2 is 1.67 bits per heavy atom. The number of aromatic carboxylic acids is 1. The first-order valence-electron chi connectivity index (χ1n) is 12.3. The second kappa shape index (κ2) is 9.82. The molecule has 4 heteroatoms. The van der Waals surface area contributed by atoms with Crippen molar-refractivity contribution in [3.05, 3.63) is 76.9 Å². The summed E-state index contributed by atoms with van der Waals surface area (Å²) < 4.78 is 0. The van der Waals surface area contributed by atoms with Crippen molar-refractivity contribution in [2.45, 2.75) is 72.1 Å². The third-order valence-corrected chi connectivity index (χ3v) is 7.47. The zero-order valence-electron chi connectivity index (χ0n) is 20.6. The van der Waals surface area contributed by atoms with Crippen molar-refractivity contribution in [1.29, 1.82) is 0 Å². The lowest BCUT2D eigenvalue weighted by molar-refractivity contribution is 0.0290. The summed E-state index contributed by atoms with van der Waals surface area (Å²) in [6.07, 6.45) is 6.06. The molecule has 1 saturated heterocycles. The van der Waals surface area contributed by atoms with E-state index in [4.69, 9.17) is 5.11 Å². The molecule has 0 spiro atoms. The quantitative estimate of drug-likeness (QED) is 0.585. The average Bonchev–Trinajstić information content (AvgIpc) is 2.77. The number of piperazine rings is 1. The molecule has 2 aromatic carbocycles. The van der Waals surface area contributed by atoms with E-state index < -0.39 is 5.97 Å². The van der Waals surface area contributed by atoms with Crippen LogP contribution in [0.4, 0.5) is 0 Å². The number of rotatable bonds is 6. The molecule has 1 fully saturated rings. The predicted molar refractivity (Wildman–Crippen MR) is 135 cm³/mol. The second-order valence-electron chi connectivity index (χ2n) is 10.8. The van der Waals surface area contributed by atoms with Gasteiger partial charge in [-0.2, -0.15) is 0 Å². The Kier molecular flexibility index (Phi) is 7.06. The van der Waals surface area contributed by atoms with Gasteiger partial charge in [0.15, 0.2) is 0 Å². The van der Waals surface area contributed by atoms with Gasteiger partial charge in [0.25, 0.3) is 0 Å². The first-order valence-corrected chi connectivity index (χ1v) is 12.3. The standard InChI is InChI=1S/C29H38N2O2/c1-21-17-30(19-23-9-11-25(12-10-23)28(32)33)18-22(2)31(21)20-26-7-5-6-8-27(26)24-13-15-29(3,4)16-14-24/h5-13,21-22H,14-20H2,1-4H3,(H,32,33)/t21-,22+. The molecular formula is C29H38N2O2. The Hall–Kier alpha value is -2.43. The molecule has 0 radical (unpaired) electrons. The van der Waals surface area contributed by atoms with Crippen molar-refractivity contribution in [2.75, 3.05) is 13.1 Å². The van der Waals surface area contributed by atoms with E-state index in [0.29, 0.717) is 23.1 Å². The van der Waals surface area contributed by atoms with Gasteiger partial charge in [-0.25, -0.2) is 4.79 Å². The van der Waals surface area contributed by atoms with E-state index in [9.17, 15) is 4.79 Å². The van der Waals surface area contributed by atoms with Gasteiger partial charge in [-0.3, -0.25) is 9.80 Å². The van der Waals surface area contributed by atoms with E-state index >= 15 is 0 Å². The minimum atomic E-state index is -0.870. The third kappa shape index (κ3) is 5.74. The smallest absolute Gasteiger partial charge is 0.335 e. The van der Waals surface area contributed by atoms with Crippen LogP contribution in [0.1, 0.15) is 74.0 Å². The summed E-state index contributed by atoms with van der Waals surface area (Å²) in [5, 5.41) is 9.12. The zero-order valence-corrected chi connectivity index (χ0v) is 20.6. The Morgan fingerprint density at radius 3 is 2.27 bits per heavy atom. The normalized spacial score (nSPS) is 23.8. The van der Waals surface area contributed by atoms with Crippen LogP contribution < -0.4 is 0 Å². The highest BCUT2D eigenvalue weighted by Crippen LogP contribution is 2.39. The molecule has 0 aromatic heterocycles. The van der Waals surface area contributed by atoms with Gasteiger partial charge in [-0.1, -0.05) is 56.3 Å². The van der Waals surface area contributed by atoms with Crippen molar-refractivity contribution >= 4 is 11.5 Å². The molecule has 2 aliphatic rings. The van der Waals surface area contributed by atoms with Gasteiger partial charge in [0.1, 0.15) is 0 Å². The van der Waals surface area contributed by atoms with Gasteiger partial charge in [0.05, 0.1) is 5.56 Å². The highest BCUT2D eigenvalue weighted by molar-refractivity contribution is 5.87. The molecule has 33 heavy (non-hydrogen) atoms. The fourth-order valence-electron chi connectivity index (χ4n) is 5.41. The van der Waals surface area contributed by atoms with E-state index in [1.807, 2.05) is 12.1 Å². The Morgan fingerprint density at radius 1 is 1.00 bits per heavy atom. The van der Waals surface area contributed by atoms with Gasteiger partial charge < -0.3 is 5.11 Å². The highest BCUT2D eigenvalue weighted by Gasteiger charge is 2.30. The topological polar surface area (TPSA) is 43.8 Å². The van der Waals surface area contributed by atoms with E-state index in [1.165, 1.54) is 35.1 Å². The minimum absolute atomic E-state index is 0.348. The third-order valence-electron chi connectivity index (χ3n) is 7.47. The maximum Gasteiger partial charge on any atom is 0.335 e. The lowest BCUT2D eigenvalue weighted by atomic mass is 9.76. The van der Waals surface area contributed by atoms with Gasteiger partial charge >= 0.3 is 5.97 Å². The summed E-state index contributed by atoms with van der Waals surface area (Å²) >= 11 is 0. The Labute approximate surface area is 198 Å². The first kappa shape index (κ1) is 23.7. The molecule has 1 heterocycles. The van der Waals surface area contributed by atoms with E-state index in [-0.39, 0.29) is 0 Å². The monoisotopic (exact) mass is 446 g/mol. The molecular weight excluding hydrogens is 408 g/mol. The number of hydrogen-bond donors (Lipinski definition) is 1. The number of carbonyl (C=O) groups is 1. The van der Waals surface area contributed by atoms with Crippen molar-refractivity contribution in [3.8, 4) is 0 Å². The van der Waals surface area contributed by atoms with Crippen LogP contribution >= 0.6 is 0 Å². The largest absolute Gasteiger partial charge is 0.478 e. The van der Waals surface area contributed by atoms with Crippen molar-refractivity contribution < 1.29 is 9.90 Å². The van der Waals surface area contributed by atoms with Gasteiger partial charge in [-0.15, -0.1) is 0 Å². The lowest BCUT2D eigenvalue weighted by Crippen LogP contribution is -2.55. The summed E-state index contributed by atoms with van der Waals surface area (Å²) in [5.74, 6) is -0.870. The molecule has 4 rings (SSSR count). The van der Waals surface area contributed by atoms with Crippen molar-refractivity contribution in [3.63, 3.8) is 0 Å². The molecule has 0 bridgehead atoms. The van der Waals surface area contributed by atoms with Crippen LogP contribution in [0.15, 0.2) is 54.6 Å². The van der Waals surface area contributed by atoms with Crippen LogP contribution in [0.3, 0.4) is 0 Å².